The predicted molar refractivity (Wildman–Crippen MR) is 116 cm³/mol. The maximum atomic E-state index is 13.3. The minimum Gasteiger partial charge on any atom is -0.371 e. The van der Waals surface area contributed by atoms with E-state index in [0.717, 1.165) is 42.2 Å². The second-order valence-electron chi connectivity index (χ2n) is 8.61. The van der Waals surface area contributed by atoms with Crippen molar-refractivity contribution in [3.63, 3.8) is 0 Å². The summed E-state index contributed by atoms with van der Waals surface area (Å²) in [6.07, 6.45) is -1.03. The van der Waals surface area contributed by atoms with Gasteiger partial charge in [-0.2, -0.15) is 23.0 Å². The van der Waals surface area contributed by atoms with Crippen LogP contribution in [0.1, 0.15) is 41.4 Å². The molecule has 2 fully saturated rings. The van der Waals surface area contributed by atoms with Crippen LogP contribution in [0.15, 0.2) is 30.5 Å². The van der Waals surface area contributed by atoms with E-state index in [1.165, 1.54) is 18.3 Å². The fourth-order valence-electron chi connectivity index (χ4n) is 4.52. The van der Waals surface area contributed by atoms with Crippen molar-refractivity contribution in [1.82, 2.24) is 19.6 Å². The number of halogens is 3. The van der Waals surface area contributed by atoms with Crippen molar-refractivity contribution in [3.8, 4) is 0 Å². The van der Waals surface area contributed by atoms with Crippen molar-refractivity contribution >= 4 is 17.6 Å². The second kappa shape index (κ2) is 9.05. The van der Waals surface area contributed by atoms with Gasteiger partial charge in [-0.15, -0.1) is 0 Å². The van der Waals surface area contributed by atoms with Gasteiger partial charge < -0.3 is 15.5 Å². The Morgan fingerprint density at radius 3 is 2.45 bits per heavy atom. The molecular formula is C22H27F3N6O2. The van der Waals surface area contributed by atoms with Crippen molar-refractivity contribution < 1.29 is 22.8 Å². The van der Waals surface area contributed by atoms with Crippen LogP contribution in [0.25, 0.3) is 0 Å². The highest BCUT2D eigenvalue weighted by molar-refractivity contribution is 5.91. The van der Waals surface area contributed by atoms with E-state index in [-0.39, 0.29) is 17.8 Å². The zero-order chi connectivity index (χ0) is 23.8. The summed E-state index contributed by atoms with van der Waals surface area (Å²) in [4.78, 5) is 29.9. The van der Waals surface area contributed by atoms with Gasteiger partial charge in [-0.25, -0.2) is 4.79 Å². The summed E-state index contributed by atoms with van der Waals surface area (Å²) in [5.74, 6) is -0.704. The zero-order valence-corrected chi connectivity index (χ0v) is 18.4. The zero-order valence-electron chi connectivity index (χ0n) is 18.4. The summed E-state index contributed by atoms with van der Waals surface area (Å²) in [6.45, 7) is 5.50. The highest BCUT2D eigenvalue weighted by atomic mass is 19.4. The normalized spacial score (nSPS) is 19.8. The van der Waals surface area contributed by atoms with Crippen LogP contribution in [0, 0.1) is 0 Å². The molecule has 1 atom stereocenters. The van der Waals surface area contributed by atoms with Crippen molar-refractivity contribution in [2.45, 2.75) is 38.5 Å². The lowest BCUT2D eigenvalue weighted by atomic mass is 10.1. The molecule has 2 amide bonds. The molecule has 0 aliphatic carbocycles. The van der Waals surface area contributed by atoms with E-state index in [9.17, 15) is 22.8 Å². The van der Waals surface area contributed by atoms with Crippen LogP contribution in [0.2, 0.25) is 0 Å². The number of carbonyl (C=O) groups is 2. The Morgan fingerprint density at radius 2 is 1.85 bits per heavy atom. The minimum atomic E-state index is -4.38. The topological polar surface area (TPSA) is 87.7 Å². The molecule has 1 unspecified atom stereocenters. The third-order valence-corrected chi connectivity index (χ3v) is 6.25. The Hall–Kier alpha value is -3.08. The predicted octanol–water partition coefficient (Wildman–Crippen LogP) is 2.78. The molecule has 2 saturated heterocycles. The van der Waals surface area contributed by atoms with Gasteiger partial charge in [0.25, 0.3) is 5.91 Å². The number of piperazine rings is 1. The minimum absolute atomic E-state index is 0.0198. The molecule has 2 aliphatic rings. The molecule has 1 aromatic carbocycles. The largest absolute Gasteiger partial charge is 0.416 e. The van der Waals surface area contributed by atoms with E-state index >= 15 is 0 Å². The molecule has 3 heterocycles. The van der Waals surface area contributed by atoms with Crippen LogP contribution in [0.5, 0.6) is 0 Å². The van der Waals surface area contributed by atoms with Crippen molar-refractivity contribution in [3.05, 3.63) is 47.3 Å². The first kappa shape index (κ1) is 23.1. The number of nitrogens with zero attached hydrogens (tertiary/aromatic N) is 5. The number of carbonyl (C=O) groups excluding carboxylic acids is 2. The number of amides is 2. The third-order valence-electron chi connectivity index (χ3n) is 6.25. The molecular weight excluding hydrogens is 437 g/mol. The summed E-state index contributed by atoms with van der Waals surface area (Å²) in [5, 5.41) is 3.93. The molecule has 0 saturated carbocycles. The molecule has 2 aliphatic heterocycles. The lowest BCUT2D eigenvalue weighted by Gasteiger charge is -2.40. The van der Waals surface area contributed by atoms with Crippen LogP contribution < -0.4 is 10.6 Å². The van der Waals surface area contributed by atoms with Crippen LogP contribution in [-0.4, -0.2) is 70.3 Å². The van der Waals surface area contributed by atoms with Gasteiger partial charge in [-0.05, 0) is 43.5 Å². The number of aromatic nitrogens is 2. The Morgan fingerprint density at radius 1 is 1.12 bits per heavy atom. The molecule has 11 heteroatoms. The summed E-state index contributed by atoms with van der Waals surface area (Å²) >= 11 is 0. The number of nitrogens with two attached hydrogens (primary N) is 1. The maximum absolute atomic E-state index is 13.3. The molecule has 0 spiro atoms. The van der Waals surface area contributed by atoms with Crippen molar-refractivity contribution in [2.75, 3.05) is 37.6 Å². The summed E-state index contributed by atoms with van der Waals surface area (Å²) < 4.78 is 41.0. The Kier molecular flexibility index (Phi) is 6.33. The van der Waals surface area contributed by atoms with Crippen molar-refractivity contribution in [2.24, 2.45) is 5.73 Å². The highest BCUT2D eigenvalue weighted by Crippen LogP contribution is 2.35. The first-order valence-corrected chi connectivity index (χ1v) is 11.0. The summed E-state index contributed by atoms with van der Waals surface area (Å²) in [7, 11) is 0. The maximum Gasteiger partial charge on any atom is 0.416 e. The van der Waals surface area contributed by atoms with Gasteiger partial charge in [0.2, 0.25) is 0 Å². The molecule has 2 N–H and O–H groups in total. The number of anilines is 1. The van der Waals surface area contributed by atoms with E-state index < -0.39 is 17.6 Å². The Bertz CT molecular complexity index is 1030. The fourth-order valence-corrected chi connectivity index (χ4v) is 4.52. The van der Waals surface area contributed by atoms with Gasteiger partial charge >= 0.3 is 12.2 Å². The van der Waals surface area contributed by atoms with Crippen LogP contribution >= 0.6 is 0 Å². The van der Waals surface area contributed by atoms with Gasteiger partial charge in [0, 0.05) is 57.2 Å². The average molecular weight is 464 g/mol. The third kappa shape index (κ3) is 4.97. The molecule has 0 radical (unpaired) electrons. The fraction of sp³-hybridized carbons (Fsp3) is 0.500. The summed E-state index contributed by atoms with van der Waals surface area (Å²) in [6, 6.07) is 4.89. The van der Waals surface area contributed by atoms with Crippen molar-refractivity contribution in [1.29, 1.82) is 0 Å². The SMILES string of the molecule is CC1CN(Cc2ccc(C(F)(F)F)cc2N2CCCC2)CCN1C(=O)n1ccc(C(N)=O)n1. The molecule has 8 nitrogen and oxygen atoms in total. The molecule has 2 aromatic rings. The first-order valence-electron chi connectivity index (χ1n) is 11.0. The van der Waals surface area contributed by atoms with Crippen LogP contribution in [0.3, 0.4) is 0 Å². The van der Waals surface area contributed by atoms with Gasteiger partial charge in [-0.3, -0.25) is 9.69 Å². The number of rotatable bonds is 4. The number of hydrogen-bond acceptors (Lipinski definition) is 5. The van der Waals surface area contributed by atoms with E-state index in [0.29, 0.717) is 31.9 Å². The lowest BCUT2D eigenvalue weighted by Crippen LogP contribution is -2.54. The van der Waals surface area contributed by atoms with Crippen LogP contribution in [-0.2, 0) is 12.7 Å². The number of hydrogen-bond donors (Lipinski definition) is 1. The second-order valence-corrected chi connectivity index (χ2v) is 8.61. The quantitative estimate of drug-likeness (QED) is 0.752. The Balaban J connectivity index is 1.46. The number of benzene rings is 1. The van der Waals surface area contributed by atoms with E-state index in [4.69, 9.17) is 5.73 Å². The van der Waals surface area contributed by atoms with Gasteiger partial charge in [-0.1, -0.05) is 6.07 Å². The number of primary amides is 1. The lowest BCUT2D eigenvalue weighted by molar-refractivity contribution is -0.137. The van der Waals surface area contributed by atoms with Gasteiger partial charge in [0.05, 0.1) is 5.56 Å². The highest BCUT2D eigenvalue weighted by Gasteiger charge is 2.33. The molecule has 33 heavy (non-hydrogen) atoms. The first-order chi connectivity index (χ1) is 15.6. The Labute approximate surface area is 189 Å². The van der Waals surface area contributed by atoms with Gasteiger partial charge in [0.1, 0.15) is 0 Å². The monoisotopic (exact) mass is 464 g/mol. The molecule has 178 valence electrons. The van der Waals surface area contributed by atoms with Crippen LogP contribution in [0.4, 0.5) is 23.7 Å². The number of alkyl halides is 3. The smallest absolute Gasteiger partial charge is 0.371 e. The van der Waals surface area contributed by atoms with E-state index in [1.807, 2.05) is 11.8 Å². The average Bonchev–Trinajstić information content (AvgIpc) is 3.45. The van der Waals surface area contributed by atoms with E-state index in [1.54, 1.807) is 11.0 Å². The summed E-state index contributed by atoms with van der Waals surface area (Å²) in [5.41, 5.74) is 6.09. The molecule has 0 bridgehead atoms. The van der Waals surface area contributed by atoms with E-state index in [2.05, 4.69) is 10.00 Å². The van der Waals surface area contributed by atoms with Gasteiger partial charge in [0.15, 0.2) is 5.69 Å². The molecule has 4 rings (SSSR count). The standard InChI is InChI=1S/C22H27F3N6O2/c1-15-13-28(10-11-30(15)21(33)31-9-6-18(27-31)20(26)32)14-16-4-5-17(22(23,24)25)12-19(16)29-7-2-3-8-29/h4-6,9,12,15H,2-3,7-8,10-11,13-14H2,1H3,(H2,26,32). The molecule has 1 aromatic heterocycles.